The predicted octanol–water partition coefficient (Wildman–Crippen LogP) is 4.99. The number of rotatable bonds is 3. The molecular weight excluding hydrogens is 511 g/mol. The van der Waals surface area contributed by atoms with Crippen LogP contribution in [0.2, 0.25) is 0 Å². The van der Waals surface area contributed by atoms with Gasteiger partial charge in [0.1, 0.15) is 11.5 Å². The van der Waals surface area contributed by atoms with E-state index in [4.69, 9.17) is 0 Å². The Balaban J connectivity index is 1.39. The van der Waals surface area contributed by atoms with Gasteiger partial charge in [0.05, 0.1) is 11.1 Å². The molecule has 198 valence electrons. The van der Waals surface area contributed by atoms with Gasteiger partial charge in [-0.25, -0.2) is 18.6 Å². The van der Waals surface area contributed by atoms with E-state index in [0.717, 1.165) is 0 Å². The second kappa shape index (κ2) is 9.47. The maximum Gasteiger partial charge on any atom is 0.419 e. The molecule has 0 saturated carbocycles. The number of aromatic hydroxyl groups is 1. The van der Waals surface area contributed by atoms with Crippen LogP contribution in [0.4, 0.5) is 38.3 Å². The zero-order valence-corrected chi connectivity index (χ0v) is 19.9. The molecule has 38 heavy (non-hydrogen) atoms. The first-order valence-corrected chi connectivity index (χ1v) is 11.5. The zero-order valence-electron chi connectivity index (χ0n) is 19.9. The number of piperazine rings is 1. The molecule has 3 heterocycles. The summed E-state index contributed by atoms with van der Waals surface area (Å²) in [5, 5.41) is 16.9. The van der Waals surface area contributed by atoms with Crippen LogP contribution in [-0.2, 0) is 13.2 Å². The normalized spacial score (nSPS) is 14.3. The van der Waals surface area contributed by atoms with Crippen LogP contribution in [0.25, 0.3) is 22.2 Å². The molecule has 0 atom stereocenters. The number of amides is 2. The maximum absolute atomic E-state index is 14.7. The largest absolute Gasteiger partial charge is 0.503 e. The number of phenols is 1. The number of urea groups is 1. The van der Waals surface area contributed by atoms with E-state index in [1.54, 1.807) is 23.1 Å². The highest BCUT2D eigenvalue weighted by Crippen LogP contribution is 2.41. The number of nitrogens with zero attached hydrogens (tertiary/aromatic N) is 5. The van der Waals surface area contributed by atoms with E-state index in [1.807, 2.05) is 23.1 Å². The summed E-state index contributed by atoms with van der Waals surface area (Å²) >= 11 is 0. The van der Waals surface area contributed by atoms with Gasteiger partial charge in [0.25, 0.3) is 0 Å². The third kappa shape index (κ3) is 4.55. The van der Waals surface area contributed by atoms with Gasteiger partial charge < -0.3 is 20.2 Å². The van der Waals surface area contributed by atoms with E-state index in [9.17, 15) is 31.9 Å². The van der Waals surface area contributed by atoms with Crippen LogP contribution in [0.1, 0.15) is 5.56 Å². The Hall–Kier alpha value is -4.42. The van der Waals surface area contributed by atoms with Crippen molar-refractivity contribution in [1.29, 1.82) is 0 Å². The molecule has 0 unspecified atom stereocenters. The van der Waals surface area contributed by atoms with Gasteiger partial charge in [-0.2, -0.15) is 18.3 Å². The first-order chi connectivity index (χ1) is 18.0. The van der Waals surface area contributed by atoms with Gasteiger partial charge in [-0.3, -0.25) is 4.68 Å². The number of hydrogen-bond acceptors (Lipinski definition) is 5. The number of fused-ring (bicyclic) bond motifs is 1. The number of para-hydroxylation sites is 1. The molecule has 1 fully saturated rings. The molecule has 1 saturated heterocycles. The molecule has 2 amide bonds. The lowest BCUT2D eigenvalue weighted by Crippen LogP contribution is -2.50. The number of phenolic OH excluding ortho intramolecular Hbond substituents is 1. The van der Waals surface area contributed by atoms with Gasteiger partial charge >= 0.3 is 12.2 Å². The number of nitrogens with one attached hydrogen (secondary N) is 1. The van der Waals surface area contributed by atoms with Crippen molar-refractivity contribution in [3.63, 3.8) is 0 Å². The fourth-order valence-electron chi connectivity index (χ4n) is 4.38. The number of aromatic nitrogens is 3. The summed E-state index contributed by atoms with van der Waals surface area (Å²) in [5.74, 6) is -4.83. The Bertz CT molecular complexity index is 1510. The lowest BCUT2D eigenvalue weighted by Gasteiger charge is -2.35. The first kappa shape index (κ1) is 25.2. The Morgan fingerprint density at radius 1 is 1.03 bits per heavy atom. The van der Waals surface area contributed by atoms with E-state index >= 15 is 0 Å². The van der Waals surface area contributed by atoms with Crippen LogP contribution < -0.4 is 10.2 Å². The molecule has 0 bridgehead atoms. The lowest BCUT2D eigenvalue weighted by molar-refractivity contribution is -0.140. The van der Waals surface area contributed by atoms with Gasteiger partial charge in [0.2, 0.25) is 0 Å². The van der Waals surface area contributed by atoms with Gasteiger partial charge in [-0.05, 0) is 18.2 Å². The molecule has 13 heteroatoms. The van der Waals surface area contributed by atoms with Crippen molar-refractivity contribution < 1.29 is 31.9 Å². The molecule has 1 aliphatic rings. The molecule has 2 N–H and O–H groups in total. The summed E-state index contributed by atoms with van der Waals surface area (Å²) in [5.41, 5.74) is -1.60. The van der Waals surface area contributed by atoms with E-state index in [-0.39, 0.29) is 17.1 Å². The highest BCUT2D eigenvalue weighted by Gasteiger charge is 2.38. The summed E-state index contributed by atoms with van der Waals surface area (Å²) < 4.78 is 69.8. The average Bonchev–Trinajstić information content (AvgIpc) is 3.22. The summed E-state index contributed by atoms with van der Waals surface area (Å²) in [6.45, 7) is 1.80. The number of anilines is 2. The van der Waals surface area contributed by atoms with Crippen molar-refractivity contribution in [2.75, 3.05) is 36.4 Å². The van der Waals surface area contributed by atoms with Crippen molar-refractivity contribution in [2.24, 2.45) is 7.05 Å². The molecule has 2 aromatic carbocycles. The van der Waals surface area contributed by atoms with E-state index in [1.165, 1.54) is 17.9 Å². The highest BCUT2D eigenvalue weighted by molar-refractivity contribution is 5.94. The Morgan fingerprint density at radius 3 is 2.37 bits per heavy atom. The Kier molecular flexibility index (Phi) is 6.29. The van der Waals surface area contributed by atoms with Crippen molar-refractivity contribution in [3.8, 4) is 17.0 Å². The quantitative estimate of drug-likeness (QED) is 0.363. The summed E-state index contributed by atoms with van der Waals surface area (Å²) in [4.78, 5) is 20.5. The number of alkyl halides is 3. The van der Waals surface area contributed by atoms with Crippen molar-refractivity contribution in [1.82, 2.24) is 19.7 Å². The minimum absolute atomic E-state index is 0.218. The second-order valence-electron chi connectivity index (χ2n) is 8.75. The van der Waals surface area contributed by atoms with E-state index < -0.39 is 34.7 Å². The van der Waals surface area contributed by atoms with Crippen molar-refractivity contribution in [3.05, 3.63) is 65.9 Å². The Labute approximate surface area is 212 Å². The smallest absolute Gasteiger partial charge is 0.419 e. The van der Waals surface area contributed by atoms with Crippen LogP contribution in [0.15, 0.2) is 48.7 Å². The minimum atomic E-state index is -5.15. The predicted molar refractivity (Wildman–Crippen MR) is 130 cm³/mol. The summed E-state index contributed by atoms with van der Waals surface area (Å²) in [6.07, 6.45) is -3.81. The maximum atomic E-state index is 14.7. The minimum Gasteiger partial charge on any atom is -0.503 e. The van der Waals surface area contributed by atoms with Gasteiger partial charge in [-0.1, -0.05) is 18.2 Å². The third-order valence-electron chi connectivity index (χ3n) is 6.38. The van der Waals surface area contributed by atoms with Crippen molar-refractivity contribution >= 4 is 28.4 Å². The monoisotopic (exact) mass is 532 g/mol. The number of carbonyl (C=O) groups is 1. The molecule has 0 spiro atoms. The topological polar surface area (TPSA) is 86.5 Å². The zero-order chi connectivity index (χ0) is 27.2. The fourth-order valence-corrected chi connectivity index (χ4v) is 4.38. The molecule has 5 rings (SSSR count). The molecule has 2 aromatic heterocycles. The average molecular weight is 532 g/mol. The third-order valence-corrected chi connectivity index (χ3v) is 6.38. The van der Waals surface area contributed by atoms with Crippen LogP contribution >= 0.6 is 0 Å². The SMILES string of the molecule is Cn1nc(-c2cc(C(F)(F)F)c(F)c(O)c2F)c2cnc(N3CCN(C(=O)Nc4ccccc4)CC3)cc21. The number of pyridine rings is 1. The van der Waals surface area contributed by atoms with E-state index in [2.05, 4.69) is 15.4 Å². The van der Waals surface area contributed by atoms with Gasteiger partial charge in [0, 0.05) is 62.1 Å². The molecule has 1 aliphatic heterocycles. The summed E-state index contributed by atoms with van der Waals surface area (Å²) in [7, 11) is 1.52. The van der Waals surface area contributed by atoms with Crippen LogP contribution in [0, 0.1) is 11.6 Å². The van der Waals surface area contributed by atoms with E-state index in [0.29, 0.717) is 49.3 Å². The van der Waals surface area contributed by atoms with Crippen LogP contribution in [0.5, 0.6) is 5.75 Å². The molecule has 8 nitrogen and oxygen atoms in total. The van der Waals surface area contributed by atoms with Crippen LogP contribution in [0.3, 0.4) is 0 Å². The lowest BCUT2D eigenvalue weighted by atomic mass is 10.0. The van der Waals surface area contributed by atoms with Gasteiger partial charge in [0.15, 0.2) is 17.4 Å². The Morgan fingerprint density at radius 2 is 1.71 bits per heavy atom. The van der Waals surface area contributed by atoms with Crippen LogP contribution in [-0.4, -0.2) is 57.0 Å². The highest BCUT2D eigenvalue weighted by atomic mass is 19.4. The number of carbonyl (C=O) groups excluding carboxylic acids is 1. The fraction of sp³-hybridized carbons (Fsp3) is 0.240. The van der Waals surface area contributed by atoms with Gasteiger partial charge in [-0.15, -0.1) is 0 Å². The van der Waals surface area contributed by atoms with Crippen molar-refractivity contribution in [2.45, 2.75) is 6.18 Å². The first-order valence-electron chi connectivity index (χ1n) is 11.5. The number of hydrogen-bond donors (Lipinski definition) is 2. The number of halogens is 5. The molecular formula is C25H21F5N6O2. The summed E-state index contributed by atoms with van der Waals surface area (Å²) in [6, 6.07) is 10.8. The molecule has 4 aromatic rings. The molecule has 0 radical (unpaired) electrons. The second-order valence-corrected chi connectivity index (χ2v) is 8.75. The number of aryl methyl sites for hydroxylation is 1. The standard InChI is InChI=1S/C25H21F5N6O2/c1-34-18-12-19(35-7-9-36(10-8-35)24(38)32-14-5-3-2-4-6-14)31-13-16(18)22(33-34)15-11-17(25(28,29)30)21(27)23(37)20(15)26/h2-6,11-13,37H,7-10H2,1H3,(H,32,38). The molecule has 0 aliphatic carbocycles. The number of benzene rings is 2.